The summed E-state index contributed by atoms with van der Waals surface area (Å²) in [5.74, 6) is 0.449. The van der Waals surface area contributed by atoms with Crippen LogP contribution in [-0.4, -0.2) is 11.2 Å². The second kappa shape index (κ2) is 7.05. The van der Waals surface area contributed by atoms with Crippen LogP contribution < -0.4 is 0 Å². The average molecular weight is 196 g/mol. The SMILES string of the molecule is CCCCCC[C@H](O)[C@@H]1C=CCCC1. The minimum absolute atomic E-state index is 0.0802. The van der Waals surface area contributed by atoms with Crippen molar-refractivity contribution in [1.82, 2.24) is 0 Å². The van der Waals surface area contributed by atoms with E-state index in [1.165, 1.54) is 44.9 Å². The molecule has 1 nitrogen and oxygen atoms in total. The molecule has 1 aliphatic rings. The first-order valence-electron chi connectivity index (χ1n) is 6.19. The molecule has 0 spiro atoms. The Morgan fingerprint density at radius 1 is 1.36 bits per heavy atom. The van der Waals surface area contributed by atoms with Gasteiger partial charge in [-0.2, -0.15) is 0 Å². The molecule has 1 heteroatoms. The molecule has 2 atom stereocenters. The highest BCUT2D eigenvalue weighted by Crippen LogP contribution is 2.23. The lowest BCUT2D eigenvalue weighted by atomic mass is 9.88. The van der Waals surface area contributed by atoms with Crippen molar-refractivity contribution < 1.29 is 5.11 Å². The van der Waals surface area contributed by atoms with E-state index in [2.05, 4.69) is 19.1 Å². The van der Waals surface area contributed by atoms with Crippen molar-refractivity contribution >= 4 is 0 Å². The Kier molecular flexibility index (Phi) is 5.93. The summed E-state index contributed by atoms with van der Waals surface area (Å²) < 4.78 is 0. The zero-order valence-corrected chi connectivity index (χ0v) is 9.41. The van der Waals surface area contributed by atoms with Gasteiger partial charge in [0.15, 0.2) is 0 Å². The quantitative estimate of drug-likeness (QED) is 0.507. The minimum Gasteiger partial charge on any atom is -0.393 e. The van der Waals surface area contributed by atoms with E-state index < -0.39 is 0 Å². The number of aliphatic hydroxyl groups excluding tert-OH is 1. The standard InChI is InChI=1S/C13H24O/c1-2-3-4-8-11-13(14)12-9-6-5-7-10-12/h6,9,12-14H,2-5,7-8,10-11H2,1H3/t12-,13+/m1/s1. The number of hydrogen-bond donors (Lipinski definition) is 1. The molecular formula is C13H24O. The lowest BCUT2D eigenvalue weighted by Crippen LogP contribution is -2.19. The lowest BCUT2D eigenvalue weighted by Gasteiger charge is -2.22. The van der Waals surface area contributed by atoms with Gasteiger partial charge >= 0.3 is 0 Å². The third kappa shape index (κ3) is 4.28. The molecule has 0 aromatic rings. The molecular weight excluding hydrogens is 172 g/mol. The maximum Gasteiger partial charge on any atom is 0.0602 e. The first kappa shape index (κ1) is 11.8. The molecule has 0 saturated heterocycles. The summed E-state index contributed by atoms with van der Waals surface area (Å²) in [6.45, 7) is 2.22. The zero-order chi connectivity index (χ0) is 10.2. The van der Waals surface area contributed by atoms with Crippen LogP contribution in [0, 0.1) is 5.92 Å². The second-order valence-electron chi connectivity index (χ2n) is 4.44. The number of allylic oxidation sites excluding steroid dienone is 1. The molecule has 0 aromatic carbocycles. The van der Waals surface area contributed by atoms with E-state index in [0.29, 0.717) is 5.92 Å². The Labute approximate surface area is 88.2 Å². The van der Waals surface area contributed by atoms with Crippen LogP contribution in [0.1, 0.15) is 58.3 Å². The van der Waals surface area contributed by atoms with Crippen molar-refractivity contribution in [2.24, 2.45) is 5.92 Å². The fourth-order valence-corrected chi connectivity index (χ4v) is 2.15. The third-order valence-corrected chi connectivity index (χ3v) is 3.14. The lowest BCUT2D eigenvalue weighted by molar-refractivity contribution is 0.110. The highest BCUT2D eigenvalue weighted by Gasteiger charge is 2.17. The van der Waals surface area contributed by atoms with Crippen LogP contribution in [0.15, 0.2) is 12.2 Å². The largest absolute Gasteiger partial charge is 0.393 e. The molecule has 0 saturated carbocycles. The van der Waals surface area contributed by atoms with E-state index in [9.17, 15) is 5.11 Å². The van der Waals surface area contributed by atoms with E-state index >= 15 is 0 Å². The highest BCUT2D eigenvalue weighted by atomic mass is 16.3. The molecule has 0 fully saturated rings. The zero-order valence-electron chi connectivity index (χ0n) is 9.41. The Hall–Kier alpha value is -0.300. The Balaban J connectivity index is 2.10. The summed E-state index contributed by atoms with van der Waals surface area (Å²) in [5, 5.41) is 9.92. The number of rotatable bonds is 6. The van der Waals surface area contributed by atoms with Crippen molar-refractivity contribution in [3.63, 3.8) is 0 Å². The molecule has 0 radical (unpaired) electrons. The maximum absolute atomic E-state index is 9.92. The summed E-state index contributed by atoms with van der Waals surface area (Å²) in [5.41, 5.74) is 0. The Bertz CT molecular complexity index is 163. The molecule has 0 heterocycles. The Morgan fingerprint density at radius 3 is 2.86 bits per heavy atom. The van der Waals surface area contributed by atoms with Gasteiger partial charge in [-0.05, 0) is 25.7 Å². The number of aliphatic hydroxyl groups is 1. The molecule has 0 amide bonds. The van der Waals surface area contributed by atoms with Crippen molar-refractivity contribution in [2.45, 2.75) is 64.4 Å². The van der Waals surface area contributed by atoms with Crippen LogP contribution in [0.5, 0.6) is 0 Å². The molecule has 1 N–H and O–H groups in total. The van der Waals surface area contributed by atoms with E-state index in [4.69, 9.17) is 0 Å². The van der Waals surface area contributed by atoms with E-state index in [1.54, 1.807) is 0 Å². The predicted molar refractivity (Wildman–Crippen MR) is 61.2 cm³/mol. The van der Waals surface area contributed by atoms with Crippen LogP contribution in [0.25, 0.3) is 0 Å². The number of hydrogen-bond acceptors (Lipinski definition) is 1. The van der Waals surface area contributed by atoms with Crippen molar-refractivity contribution in [1.29, 1.82) is 0 Å². The molecule has 0 aliphatic heterocycles. The van der Waals surface area contributed by atoms with Crippen molar-refractivity contribution in [3.8, 4) is 0 Å². The topological polar surface area (TPSA) is 20.2 Å². The van der Waals surface area contributed by atoms with Gasteiger partial charge in [-0.1, -0.05) is 44.8 Å². The van der Waals surface area contributed by atoms with Crippen LogP contribution in [0.2, 0.25) is 0 Å². The van der Waals surface area contributed by atoms with E-state index in [0.717, 1.165) is 6.42 Å². The number of unbranched alkanes of at least 4 members (excludes halogenated alkanes) is 3. The first-order valence-corrected chi connectivity index (χ1v) is 6.19. The van der Waals surface area contributed by atoms with Gasteiger partial charge in [-0.15, -0.1) is 0 Å². The van der Waals surface area contributed by atoms with Gasteiger partial charge in [0, 0.05) is 5.92 Å². The molecule has 82 valence electrons. The highest BCUT2D eigenvalue weighted by molar-refractivity contribution is 4.95. The summed E-state index contributed by atoms with van der Waals surface area (Å²) >= 11 is 0. The summed E-state index contributed by atoms with van der Waals surface area (Å²) in [4.78, 5) is 0. The van der Waals surface area contributed by atoms with Gasteiger partial charge in [0.1, 0.15) is 0 Å². The van der Waals surface area contributed by atoms with Crippen LogP contribution in [0.4, 0.5) is 0 Å². The first-order chi connectivity index (χ1) is 6.84. The normalized spacial score (nSPS) is 23.7. The third-order valence-electron chi connectivity index (χ3n) is 3.14. The van der Waals surface area contributed by atoms with Gasteiger partial charge in [0.25, 0.3) is 0 Å². The molecule has 0 bridgehead atoms. The average Bonchev–Trinajstić information content (AvgIpc) is 2.25. The van der Waals surface area contributed by atoms with E-state index in [1.807, 2.05) is 0 Å². The molecule has 14 heavy (non-hydrogen) atoms. The fraction of sp³-hybridized carbons (Fsp3) is 0.846. The van der Waals surface area contributed by atoms with E-state index in [-0.39, 0.29) is 6.10 Å². The van der Waals surface area contributed by atoms with Gasteiger partial charge < -0.3 is 5.11 Å². The second-order valence-corrected chi connectivity index (χ2v) is 4.44. The Morgan fingerprint density at radius 2 is 2.21 bits per heavy atom. The summed E-state index contributed by atoms with van der Waals surface area (Å²) in [6, 6.07) is 0. The monoisotopic (exact) mass is 196 g/mol. The van der Waals surface area contributed by atoms with Crippen molar-refractivity contribution in [2.75, 3.05) is 0 Å². The minimum atomic E-state index is -0.0802. The molecule has 1 rings (SSSR count). The van der Waals surface area contributed by atoms with Crippen LogP contribution in [-0.2, 0) is 0 Å². The molecule has 1 aliphatic carbocycles. The fourth-order valence-electron chi connectivity index (χ4n) is 2.15. The van der Waals surface area contributed by atoms with Crippen molar-refractivity contribution in [3.05, 3.63) is 12.2 Å². The van der Waals surface area contributed by atoms with Crippen LogP contribution >= 0.6 is 0 Å². The van der Waals surface area contributed by atoms with Gasteiger partial charge in [-0.3, -0.25) is 0 Å². The van der Waals surface area contributed by atoms with Gasteiger partial charge in [0.05, 0.1) is 6.10 Å². The summed E-state index contributed by atoms with van der Waals surface area (Å²) in [6.07, 6.45) is 14.1. The molecule has 0 unspecified atom stereocenters. The predicted octanol–water partition coefficient (Wildman–Crippen LogP) is 3.67. The maximum atomic E-state index is 9.92. The molecule has 0 aromatic heterocycles. The smallest absolute Gasteiger partial charge is 0.0602 e. The van der Waals surface area contributed by atoms with Gasteiger partial charge in [-0.25, -0.2) is 0 Å². The van der Waals surface area contributed by atoms with Gasteiger partial charge in [0.2, 0.25) is 0 Å². The summed E-state index contributed by atoms with van der Waals surface area (Å²) in [7, 11) is 0. The van der Waals surface area contributed by atoms with Crippen LogP contribution in [0.3, 0.4) is 0 Å².